The Morgan fingerprint density at radius 3 is 2.38 bits per heavy atom. The first kappa shape index (κ1) is 18.7. The smallest absolute Gasteiger partial charge is 0.254 e. The van der Waals surface area contributed by atoms with Crippen LogP contribution in [0.4, 0.5) is 5.69 Å². The van der Waals surface area contributed by atoms with E-state index in [9.17, 15) is 9.59 Å². The van der Waals surface area contributed by atoms with Crippen molar-refractivity contribution in [3.8, 4) is 0 Å². The van der Waals surface area contributed by atoms with Gasteiger partial charge in [-0.05, 0) is 61.1 Å². The minimum Gasteiger partial charge on any atom is -0.332 e. The fourth-order valence-electron chi connectivity index (χ4n) is 3.17. The molecule has 1 aliphatic rings. The lowest BCUT2D eigenvalue weighted by atomic mass is 9.90. The van der Waals surface area contributed by atoms with Crippen LogP contribution in [-0.4, -0.2) is 30.3 Å². The zero-order chi connectivity index (χ0) is 18.7. The summed E-state index contributed by atoms with van der Waals surface area (Å²) in [4.78, 5) is 26.3. The topological polar surface area (TPSA) is 49.4 Å². The molecule has 1 N–H and O–H groups in total. The highest BCUT2D eigenvalue weighted by Crippen LogP contribution is 2.29. The summed E-state index contributed by atoms with van der Waals surface area (Å²) >= 11 is 12.1. The van der Waals surface area contributed by atoms with Gasteiger partial charge in [0.05, 0.1) is 22.3 Å². The Kier molecular flexibility index (Phi) is 5.84. The second kappa shape index (κ2) is 8.11. The zero-order valence-corrected chi connectivity index (χ0v) is 16.0. The Bertz CT molecular complexity index is 831. The van der Waals surface area contributed by atoms with Crippen LogP contribution in [0.2, 0.25) is 10.0 Å². The van der Waals surface area contributed by atoms with Crippen LogP contribution < -0.4 is 5.32 Å². The van der Waals surface area contributed by atoms with Gasteiger partial charge in [-0.15, -0.1) is 0 Å². The number of likely N-dealkylation sites (N-methyl/N-ethyl adjacent to an activating group) is 1. The number of hydrogen-bond donors (Lipinski definition) is 1. The molecule has 2 aromatic rings. The number of rotatable bonds is 4. The zero-order valence-electron chi connectivity index (χ0n) is 14.5. The molecule has 0 saturated carbocycles. The van der Waals surface area contributed by atoms with Crippen LogP contribution in [0.1, 0.15) is 34.3 Å². The lowest BCUT2D eigenvalue weighted by molar-refractivity contribution is -0.116. The molecule has 0 heterocycles. The molecule has 4 nitrogen and oxygen atoms in total. The van der Waals surface area contributed by atoms with Crippen LogP contribution >= 0.6 is 23.2 Å². The molecular formula is C20H20Cl2N2O2. The van der Waals surface area contributed by atoms with Gasteiger partial charge in [0.25, 0.3) is 5.91 Å². The van der Waals surface area contributed by atoms with Crippen molar-refractivity contribution < 1.29 is 9.59 Å². The number of nitrogens with one attached hydrogen (secondary N) is 1. The number of fused-ring (bicyclic) bond motifs is 1. The molecule has 136 valence electrons. The lowest BCUT2D eigenvalue weighted by Gasteiger charge is -2.20. The average Bonchev–Trinajstić information content (AvgIpc) is 2.63. The molecule has 26 heavy (non-hydrogen) atoms. The van der Waals surface area contributed by atoms with Crippen LogP contribution in [0.5, 0.6) is 0 Å². The molecular weight excluding hydrogens is 371 g/mol. The second-order valence-corrected chi connectivity index (χ2v) is 7.31. The van der Waals surface area contributed by atoms with Gasteiger partial charge in [-0.1, -0.05) is 35.3 Å². The monoisotopic (exact) mass is 390 g/mol. The summed E-state index contributed by atoms with van der Waals surface area (Å²) in [5.41, 5.74) is 3.52. The Balaban J connectivity index is 1.66. The van der Waals surface area contributed by atoms with E-state index in [1.165, 1.54) is 22.4 Å². The molecule has 2 aromatic carbocycles. The van der Waals surface area contributed by atoms with E-state index in [0.717, 1.165) is 19.3 Å². The third-order valence-electron chi connectivity index (χ3n) is 4.55. The highest BCUT2D eigenvalue weighted by molar-refractivity contribution is 6.39. The Morgan fingerprint density at radius 1 is 1.04 bits per heavy atom. The van der Waals surface area contributed by atoms with Gasteiger partial charge in [0.15, 0.2) is 0 Å². The summed E-state index contributed by atoms with van der Waals surface area (Å²) in [6.45, 7) is -0.0858. The molecule has 6 heteroatoms. The van der Waals surface area contributed by atoms with Crippen LogP contribution in [0, 0.1) is 0 Å². The van der Waals surface area contributed by atoms with E-state index in [1.54, 1.807) is 25.2 Å². The molecule has 0 unspecified atom stereocenters. The summed E-state index contributed by atoms with van der Waals surface area (Å²) in [6, 6.07) is 10.8. The number of hydrogen-bond acceptors (Lipinski definition) is 2. The summed E-state index contributed by atoms with van der Waals surface area (Å²) < 4.78 is 0. The molecule has 0 aromatic heterocycles. The van der Waals surface area contributed by atoms with Crippen molar-refractivity contribution in [1.29, 1.82) is 0 Å². The normalized spacial score (nSPS) is 13.0. The van der Waals surface area contributed by atoms with Crippen LogP contribution in [-0.2, 0) is 17.6 Å². The van der Waals surface area contributed by atoms with Crippen LogP contribution in [0.15, 0.2) is 36.4 Å². The van der Waals surface area contributed by atoms with E-state index in [-0.39, 0.29) is 18.4 Å². The van der Waals surface area contributed by atoms with Crippen molar-refractivity contribution in [3.05, 3.63) is 63.1 Å². The van der Waals surface area contributed by atoms with Gasteiger partial charge in [0, 0.05) is 12.6 Å². The van der Waals surface area contributed by atoms with Gasteiger partial charge in [0.1, 0.15) is 0 Å². The summed E-state index contributed by atoms with van der Waals surface area (Å²) in [5.74, 6) is -0.535. The van der Waals surface area contributed by atoms with Crippen molar-refractivity contribution >= 4 is 40.7 Å². The standard InChI is InChI=1S/C20H20Cl2N2O2/c1-24(12-18(25)23-19-16(21)7-4-8-17(19)22)20(26)15-10-9-13-5-2-3-6-14(13)11-15/h4,7-11H,2-3,5-6,12H2,1H3,(H,23,25). The minimum absolute atomic E-state index is 0.0858. The minimum atomic E-state index is -0.353. The molecule has 0 aliphatic heterocycles. The first-order valence-electron chi connectivity index (χ1n) is 8.57. The number of benzene rings is 2. The van der Waals surface area contributed by atoms with E-state index in [4.69, 9.17) is 23.2 Å². The molecule has 3 rings (SSSR count). The lowest BCUT2D eigenvalue weighted by Crippen LogP contribution is -2.35. The van der Waals surface area contributed by atoms with Crippen LogP contribution in [0.25, 0.3) is 0 Å². The maximum atomic E-state index is 12.6. The molecule has 0 radical (unpaired) electrons. The number of amides is 2. The fraction of sp³-hybridized carbons (Fsp3) is 0.300. The number of nitrogens with zero attached hydrogens (tertiary/aromatic N) is 1. The third-order valence-corrected chi connectivity index (χ3v) is 5.18. The second-order valence-electron chi connectivity index (χ2n) is 6.50. The quantitative estimate of drug-likeness (QED) is 0.829. The highest BCUT2D eigenvalue weighted by atomic mass is 35.5. The Hall–Kier alpha value is -2.04. The Labute approximate surface area is 163 Å². The maximum absolute atomic E-state index is 12.6. The Morgan fingerprint density at radius 2 is 1.69 bits per heavy atom. The predicted molar refractivity (Wildman–Crippen MR) is 105 cm³/mol. The van der Waals surface area contributed by atoms with Gasteiger partial charge < -0.3 is 10.2 Å². The van der Waals surface area contributed by atoms with Gasteiger partial charge in [-0.3, -0.25) is 9.59 Å². The van der Waals surface area contributed by atoms with Gasteiger partial charge in [-0.2, -0.15) is 0 Å². The van der Waals surface area contributed by atoms with E-state index >= 15 is 0 Å². The van der Waals surface area contributed by atoms with E-state index in [1.807, 2.05) is 18.2 Å². The molecule has 0 spiro atoms. The number of aryl methyl sites for hydroxylation is 2. The molecule has 1 aliphatic carbocycles. The van der Waals surface area contributed by atoms with Crippen molar-refractivity contribution in [2.45, 2.75) is 25.7 Å². The SMILES string of the molecule is CN(CC(=O)Nc1c(Cl)cccc1Cl)C(=O)c1ccc2c(c1)CCCC2. The number of halogens is 2. The predicted octanol–water partition coefficient (Wildman–Crippen LogP) is 4.58. The average molecular weight is 391 g/mol. The highest BCUT2D eigenvalue weighted by Gasteiger charge is 2.18. The third kappa shape index (κ3) is 4.19. The summed E-state index contributed by atoms with van der Waals surface area (Å²) in [7, 11) is 1.61. The fourth-order valence-corrected chi connectivity index (χ4v) is 3.66. The molecule has 2 amide bonds. The first-order valence-corrected chi connectivity index (χ1v) is 9.32. The number of para-hydroxylation sites is 1. The summed E-state index contributed by atoms with van der Waals surface area (Å²) in [5, 5.41) is 3.38. The van der Waals surface area contributed by atoms with Crippen molar-refractivity contribution in [3.63, 3.8) is 0 Å². The van der Waals surface area contributed by atoms with E-state index < -0.39 is 0 Å². The van der Waals surface area contributed by atoms with Gasteiger partial charge in [-0.25, -0.2) is 0 Å². The van der Waals surface area contributed by atoms with Crippen molar-refractivity contribution in [1.82, 2.24) is 4.90 Å². The van der Waals surface area contributed by atoms with Gasteiger partial charge >= 0.3 is 0 Å². The largest absolute Gasteiger partial charge is 0.332 e. The summed E-state index contributed by atoms with van der Waals surface area (Å²) in [6.07, 6.45) is 4.43. The molecule has 0 fully saturated rings. The van der Waals surface area contributed by atoms with Crippen LogP contribution in [0.3, 0.4) is 0 Å². The first-order chi connectivity index (χ1) is 12.5. The number of carbonyl (C=O) groups is 2. The number of carbonyl (C=O) groups excluding carboxylic acids is 2. The molecule has 0 bridgehead atoms. The number of anilines is 1. The van der Waals surface area contributed by atoms with E-state index in [0.29, 0.717) is 21.3 Å². The molecule has 0 saturated heterocycles. The van der Waals surface area contributed by atoms with Gasteiger partial charge in [0.2, 0.25) is 5.91 Å². The maximum Gasteiger partial charge on any atom is 0.254 e. The van der Waals surface area contributed by atoms with Crippen molar-refractivity contribution in [2.75, 3.05) is 18.9 Å². The van der Waals surface area contributed by atoms with Crippen molar-refractivity contribution in [2.24, 2.45) is 0 Å². The van der Waals surface area contributed by atoms with E-state index in [2.05, 4.69) is 5.32 Å². The molecule has 0 atom stereocenters.